The molecule has 13 heteroatoms. The van der Waals surface area contributed by atoms with Crippen molar-refractivity contribution in [3.8, 4) is 0 Å². The SMILES string of the molecule is CSCCC(NC(=O)C(N)CO)C(=O)NC(Cc1ccccc1)C(=O)NC(Cc1cnc[nH]1)C(=O)O. The lowest BCUT2D eigenvalue weighted by Crippen LogP contribution is -2.58. The quantitative estimate of drug-likeness (QED) is 0.151. The maximum atomic E-state index is 13.2. The van der Waals surface area contributed by atoms with Crippen LogP contribution < -0.4 is 21.7 Å². The van der Waals surface area contributed by atoms with E-state index in [1.54, 1.807) is 30.3 Å². The number of hydrogen-bond acceptors (Lipinski definition) is 8. The van der Waals surface area contributed by atoms with Crippen LogP contribution in [0.2, 0.25) is 0 Å². The number of benzene rings is 1. The van der Waals surface area contributed by atoms with Crippen molar-refractivity contribution in [2.75, 3.05) is 18.6 Å². The van der Waals surface area contributed by atoms with Crippen LogP contribution in [0, 0.1) is 0 Å². The highest BCUT2D eigenvalue weighted by molar-refractivity contribution is 7.98. The number of carbonyl (C=O) groups is 4. The first-order valence-electron chi connectivity index (χ1n) is 11.3. The first-order valence-corrected chi connectivity index (χ1v) is 12.6. The number of imidazole rings is 1. The zero-order chi connectivity index (χ0) is 26.5. The van der Waals surface area contributed by atoms with Gasteiger partial charge in [-0.15, -0.1) is 0 Å². The molecule has 4 unspecified atom stereocenters. The van der Waals surface area contributed by atoms with Gasteiger partial charge in [0.15, 0.2) is 0 Å². The molecular weight excluding hydrogens is 488 g/mol. The Kier molecular flexibility index (Phi) is 11.9. The summed E-state index contributed by atoms with van der Waals surface area (Å²) >= 11 is 1.47. The van der Waals surface area contributed by atoms with Crippen molar-refractivity contribution in [1.29, 1.82) is 0 Å². The van der Waals surface area contributed by atoms with E-state index in [-0.39, 0.29) is 19.3 Å². The van der Waals surface area contributed by atoms with Gasteiger partial charge in [-0.25, -0.2) is 9.78 Å². The summed E-state index contributed by atoms with van der Waals surface area (Å²) < 4.78 is 0. The first kappa shape index (κ1) is 28.8. The van der Waals surface area contributed by atoms with Crippen LogP contribution in [0.3, 0.4) is 0 Å². The molecule has 1 aromatic heterocycles. The number of nitrogens with two attached hydrogens (primary N) is 1. The molecule has 1 aromatic carbocycles. The van der Waals surface area contributed by atoms with Gasteiger partial charge in [0.2, 0.25) is 17.7 Å². The van der Waals surface area contributed by atoms with Gasteiger partial charge in [-0.2, -0.15) is 11.8 Å². The van der Waals surface area contributed by atoms with Crippen LogP contribution in [0.4, 0.5) is 0 Å². The molecule has 0 saturated heterocycles. The van der Waals surface area contributed by atoms with Crippen LogP contribution in [0.1, 0.15) is 17.7 Å². The fraction of sp³-hybridized carbons (Fsp3) is 0.435. The molecule has 0 radical (unpaired) electrons. The lowest BCUT2D eigenvalue weighted by Gasteiger charge is -2.25. The second-order valence-corrected chi connectivity index (χ2v) is 9.05. The zero-order valence-electron chi connectivity index (χ0n) is 19.8. The number of carbonyl (C=O) groups excluding carboxylic acids is 3. The number of hydrogen-bond donors (Lipinski definition) is 7. The molecule has 3 amide bonds. The summed E-state index contributed by atoms with van der Waals surface area (Å²) in [5, 5.41) is 26.4. The normalized spacial score (nSPS) is 14.2. The van der Waals surface area contributed by atoms with Gasteiger partial charge in [0.25, 0.3) is 0 Å². The van der Waals surface area contributed by atoms with Crippen molar-refractivity contribution in [3.63, 3.8) is 0 Å². The fourth-order valence-electron chi connectivity index (χ4n) is 3.29. The molecule has 196 valence electrons. The number of H-pyrrole nitrogens is 1. The summed E-state index contributed by atoms with van der Waals surface area (Å²) in [6.45, 7) is -0.589. The van der Waals surface area contributed by atoms with Gasteiger partial charge in [-0.05, 0) is 24.0 Å². The number of aromatic amines is 1. The van der Waals surface area contributed by atoms with Crippen LogP contribution in [0.25, 0.3) is 0 Å². The van der Waals surface area contributed by atoms with E-state index in [9.17, 15) is 24.3 Å². The summed E-state index contributed by atoms with van der Waals surface area (Å²) in [6.07, 6.45) is 5.02. The molecule has 8 N–H and O–H groups in total. The molecule has 2 aromatic rings. The Bertz CT molecular complexity index is 990. The third-order valence-corrected chi connectivity index (χ3v) is 5.93. The van der Waals surface area contributed by atoms with Crippen LogP contribution in [0.15, 0.2) is 42.9 Å². The van der Waals surface area contributed by atoms with Crippen LogP contribution >= 0.6 is 11.8 Å². The molecule has 0 aliphatic carbocycles. The second-order valence-electron chi connectivity index (χ2n) is 8.06. The smallest absolute Gasteiger partial charge is 0.326 e. The minimum atomic E-state index is -1.26. The van der Waals surface area contributed by atoms with Crippen LogP contribution in [0.5, 0.6) is 0 Å². The Morgan fingerprint density at radius 2 is 1.64 bits per heavy atom. The Morgan fingerprint density at radius 3 is 2.22 bits per heavy atom. The number of carboxylic acids is 1. The first-order chi connectivity index (χ1) is 17.2. The van der Waals surface area contributed by atoms with Gasteiger partial charge in [-0.3, -0.25) is 14.4 Å². The van der Waals surface area contributed by atoms with E-state index in [2.05, 4.69) is 25.9 Å². The number of rotatable bonds is 15. The maximum absolute atomic E-state index is 13.2. The van der Waals surface area contributed by atoms with E-state index in [0.717, 1.165) is 5.56 Å². The number of nitrogens with one attached hydrogen (secondary N) is 4. The van der Waals surface area contributed by atoms with Crippen molar-refractivity contribution in [3.05, 3.63) is 54.1 Å². The Morgan fingerprint density at radius 1 is 1.00 bits per heavy atom. The highest BCUT2D eigenvalue weighted by Gasteiger charge is 2.30. The topological polar surface area (TPSA) is 200 Å². The van der Waals surface area contributed by atoms with Crippen molar-refractivity contribution < 1.29 is 29.4 Å². The molecule has 0 fully saturated rings. The van der Waals surface area contributed by atoms with Crippen LogP contribution in [-0.4, -0.2) is 86.7 Å². The van der Waals surface area contributed by atoms with Gasteiger partial charge in [0.05, 0.1) is 12.9 Å². The number of nitrogens with zero attached hydrogens (tertiary/aromatic N) is 1. The van der Waals surface area contributed by atoms with E-state index in [1.165, 1.54) is 24.3 Å². The average Bonchev–Trinajstić information content (AvgIpc) is 3.38. The minimum absolute atomic E-state index is 0.0292. The number of aliphatic carboxylic acids is 1. The number of amides is 3. The standard InChI is InChI=1S/C23H32N6O6S/c1-36-8-7-17(27-20(31)16(24)12-30)21(32)28-18(9-14-5-3-2-4-6-14)22(33)29-19(23(34)35)10-15-11-25-13-26-15/h2-6,11,13,16-19,30H,7-10,12,24H2,1H3,(H,25,26)(H,27,31)(H,28,32)(H,29,33)(H,34,35). The largest absolute Gasteiger partial charge is 0.480 e. The highest BCUT2D eigenvalue weighted by Crippen LogP contribution is 2.08. The Balaban J connectivity index is 2.21. The molecule has 1 heterocycles. The third-order valence-electron chi connectivity index (χ3n) is 5.29. The molecule has 36 heavy (non-hydrogen) atoms. The Labute approximate surface area is 212 Å². The highest BCUT2D eigenvalue weighted by atomic mass is 32.2. The fourth-order valence-corrected chi connectivity index (χ4v) is 3.76. The molecule has 0 saturated carbocycles. The van der Waals surface area contributed by atoms with E-state index in [0.29, 0.717) is 11.4 Å². The van der Waals surface area contributed by atoms with E-state index < -0.39 is 54.5 Å². The van der Waals surface area contributed by atoms with Crippen molar-refractivity contribution >= 4 is 35.5 Å². The number of thioether (sulfide) groups is 1. The predicted octanol–water partition coefficient (Wildman–Crippen LogP) is -1.19. The summed E-state index contributed by atoms with van der Waals surface area (Å²) in [5.74, 6) is -2.73. The molecule has 0 aliphatic rings. The Hall–Kier alpha value is -3.42. The van der Waals surface area contributed by atoms with Crippen molar-refractivity contribution in [2.24, 2.45) is 5.73 Å². The summed E-state index contributed by atoms with van der Waals surface area (Å²) in [7, 11) is 0. The third kappa shape index (κ3) is 9.32. The predicted molar refractivity (Wildman–Crippen MR) is 134 cm³/mol. The van der Waals surface area contributed by atoms with E-state index in [1.807, 2.05) is 6.26 Å². The number of aliphatic hydroxyl groups is 1. The van der Waals surface area contributed by atoms with E-state index in [4.69, 9.17) is 10.8 Å². The molecule has 12 nitrogen and oxygen atoms in total. The van der Waals surface area contributed by atoms with E-state index >= 15 is 0 Å². The zero-order valence-corrected chi connectivity index (χ0v) is 20.7. The van der Waals surface area contributed by atoms with Crippen LogP contribution in [-0.2, 0) is 32.0 Å². The van der Waals surface area contributed by atoms with Crippen molar-refractivity contribution in [1.82, 2.24) is 25.9 Å². The van der Waals surface area contributed by atoms with Gasteiger partial charge in [-0.1, -0.05) is 30.3 Å². The molecule has 0 bridgehead atoms. The summed E-state index contributed by atoms with van der Waals surface area (Å²) in [4.78, 5) is 56.9. The number of aromatic nitrogens is 2. The average molecular weight is 521 g/mol. The second kappa shape index (κ2) is 14.9. The summed E-state index contributed by atoms with van der Waals surface area (Å²) in [5.41, 5.74) is 6.82. The summed E-state index contributed by atoms with van der Waals surface area (Å²) in [6, 6.07) is 4.33. The minimum Gasteiger partial charge on any atom is -0.480 e. The lowest BCUT2D eigenvalue weighted by atomic mass is 10.0. The lowest BCUT2D eigenvalue weighted by molar-refractivity contribution is -0.142. The molecular formula is C23H32N6O6S. The monoisotopic (exact) mass is 520 g/mol. The van der Waals surface area contributed by atoms with Crippen molar-refractivity contribution in [2.45, 2.75) is 43.4 Å². The molecule has 0 spiro atoms. The maximum Gasteiger partial charge on any atom is 0.326 e. The molecule has 0 aliphatic heterocycles. The molecule has 2 rings (SSSR count). The number of aliphatic hydroxyl groups excluding tert-OH is 1. The van der Waals surface area contributed by atoms with Gasteiger partial charge in [0.1, 0.15) is 24.2 Å². The van der Waals surface area contributed by atoms with Gasteiger partial charge < -0.3 is 36.9 Å². The van der Waals surface area contributed by atoms with Gasteiger partial charge >= 0.3 is 5.97 Å². The van der Waals surface area contributed by atoms with Gasteiger partial charge in [0, 0.05) is 24.7 Å². The number of carboxylic acid groups (broad SMARTS) is 1. The molecule has 4 atom stereocenters.